The summed E-state index contributed by atoms with van der Waals surface area (Å²) >= 11 is 7.03. The maximum Gasteiger partial charge on any atom is 0.127 e. The Labute approximate surface area is 162 Å². The molecule has 0 amide bonds. The van der Waals surface area contributed by atoms with Gasteiger partial charge >= 0.3 is 0 Å². The van der Waals surface area contributed by atoms with Crippen LogP contribution >= 0.6 is 23.6 Å². The summed E-state index contributed by atoms with van der Waals surface area (Å²) in [5.41, 5.74) is 10.4. The van der Waals surface area contributed by atoms with Crippen LogP contribution in [0, 0.1) is 0 Å². The average Bonchev–Trinajstić information content (AvgIpc) is 3.32. The van der Waals surface area contributed by atoms with Crippen molar-refractivity contribution in [2.75, 3.05) is 7.05 Å². The van der Waals surface area contributed by atoms with Gasteiger partial charge in [0.1, 0.15) is 10.7 Å². The van der Waals surface area contributed by atoms with E-state index in [2.05, 4.69) is 51.7 Å². The van der Waals surface area contributed by atoms with E-state index < -0.39 is 0 Å². The van der Waals surface area contributed by atoms with Crippen molar-refractivity contribution in [3.63, 3.8) is 0 Å². The van der Waals surface area contributed by atoms with Gasteiger partial charge in [-0.3, -0.25) is 4.68 Å². The molecular weight excluding hydrogens is 360 g/mol. The van der Waals surface area contributed by atoms with E-state index in [4.69, 9.17) is 23.1 Å². The first-order valence-electron chi connectivity index (χ1n) is 9.18. The summed E-state index contributed by atoms with van der Waals surface area (Å²) < 4.78 is 2.21. The van der Waals surface area contributed by atoms with Crippen molar-refractivity contribution in [1.82, 2.24) is 14.7 Å². The maximum absolute atomic E-state index is 6.03. The maximum atomic E-state index is 6.03. The minimum Gasteiger partial charge on any atom is -0.388 e. The molecule has 3 aromatic rings. The van der Waals surface area contributed by atoms with Crippen LogP contribution in [0.1, 0.15) is 37.4 Å². The lowest BCUT2D eigenvalue weighted by atomic mass is 9.98. The molecule has 2 aliphatic heterocycles. The van der Waals surface area contributed by atoms with Gasteiger partial charge in [-0.1, -0.05) is 18.3 Å². The number of fused-ring (bicyclic) bond motifs is 3. The van der Waals surface area contributed by atoms with Crippen molar-refractivity contribution in [3.05, 3.63) is 40.7 Å². The first-order valence-corrected chi connectivity index (χ1v) is 10.5. The van der Waals surface area contributed by atoms with Crippen LogP contribution in [-0.4, -0.2) is 38.8 Å². The zero-order valence-electron chi connectivity index (χ0n) is 14.8. The Hall–Kier alpha value is -1.76. The topological polar surface area (TPSA) is 47.1 Å². The highest BCUT2D eigenvalue weighted by Gasteiger charge is 2.39. The standard InChI is InChI=1S/C20H22N4S2/c1-23-14-3-4-15(23)10-16(9-14)24-18-5-2-12(13-6-7-26-11-13)8-17(18)19(22-24)20(21)25/h2,5-8,11,14-16H,3-4,9-10H2,1H3,(H2,21,25). The third kappa shape index (κ3) is 2.51. The predicted octanol–water partition coefficient (Wildman–Crippen LogP) is 4.20. The molecule has 2 atom stereocenters. The SMILES string of the molecule is CN1C2CCC1CC(n1nc(C(N)=S)c3cc(-c4ccsc4)ccc31)C2. The summed E-state index contributed by atoms with van der Waals surface area (Å²) in [4.78, 5) is 2.94. The molecule has 134 valence electrons. The summed E-state index contributed by atoms with van der Waals surface area (Å²) in [6.45, 7) is 0. The van der Waals surface area contributed by atoms with Crippen LogP contribution in [0.15, 0.2) is 35.0 Å². The lowest BCUT2D eigenvalue weighted by Crippen LogP contribution is -2.40. The Kier molecular flexibility index (Phi) is 3.88. The Morgan fingerprint density at radius 3 is 2.58 bits per heavy atom. The fraction of sp³-hybridized carbons (Fsp3) is 0.400. The van der Waals surface area contributed by atoms with Crippen molar-refractivity contribution < 1.29 is 0 Å². The molecule has 0 spiro atoms. The normalized spacial score (nSPS) is 25.8. The number of thiophene rings is 1. The van der Waals surface area contributed by atoms with Crippen LogP contribution in [0.3, 0.4) is 0 Å². The number of hydrogen-bond acceptors (Lipinski definition) is 4. The molecule has 26 heavy (non-hydrogen) atoms. The second kappa shape index (κ2) is 6.15. The minimum absolute atomic E-state index is 0.382. The number of aromatic nitrogens is 2. The summed E-state index contributed by atoms with van der Waals surface area (Å²) in [5.74, 6) is 0. The molecule has 5 rings (SSSR count). The largest absolute Gasteiger partial charge is 0.388 e. The van der Waals surface area contributed by atoms with E-state index in [0.717, 1.165) is 29.4 Å². The van der Waals surface area contributed by atoms with Crippen molar-refractivity contribution >= 4 is 39.4 Å². The molecule has 4 heterocycles. The molecule has 0 aliphatic carbocycles. The summed E-state index contributed by atoms with van der Waals surface area (Å²) in [5, 5.41) is 10.2. The molecule has 2 aliphatic rings. The van der Waals surface area contributed by atoms with Crippen molar-refractivity contribution in [1.29, 1.82) is 0 Å². The highest BCUT2D eigenvalue weighted by molar-refractivity contribution is 7.80. The Balaban J connectivity index is 1.61. The molecule has 2 fully saturated rings. The van der Waals surface area contributed by atoms with Gasteiger partial charge in [0.2, 0.25) is 0 Å². The Morgan fingerprint density at radius 1 is 1.15 bits per heavy atom. The van der Waals surface area contributed by atoms with Crippen LogP contribution in [0.4, 0.5) is 0 Å². The fourth-order valence-electron chi connectivity index (χ4n) is 4.79. The van der Waals surface area contributed by atoms with Crippen LogP contribution in [0.25, 0.3) is 22.0 Å². The third-order valence-corrected chi connectivity index (χ3v) is 7.09. The Morgan fingerprint density at radius 2 is 1.92 bits per heavy atom. The second-order valence-corrected chi connectivity index (χ2v) is 8.80. The number of nitrogens with zero attached hydrogens (tertiary/aromatic N) is 3. The number of nitrogens with two attached hydrogens (primary N) is 1. The molecule has 0 radical (unpaired) electrons. The van der Waals surface area contributed by atoms with Crippen LogP contribution in [-0.2, 0) is 0 Å². The van der Waals surface area contributed by atoms with Crippen molar-refractivity contribution in [2.24, 2.45) is 5.73 Å². The zero-order valence-corrected chi connectivity index (χ0v) is 16.4. The highest BCUT2D eigenvalue weighted by Crippen LogP contribution is 2.41. The summed E-state index contributed by atoms with van der Waals surface area (Å²) in [6.07, 6.45) is 4.93. The smallest absolute Gasteiger partial charge is 0.127 e. The fourth-order valence-corrected chi connectivity index (χ4v) is 5.61. The van der Waals surface area contributed by atoms with Gasteiger partial charge in [-0.25, -0.2) is 0 Å². The molecule has 0 saturated carbocycles. The Bertz CT molecular complexity index is 961. The third-order valence-electron chi connectivity index (χ3n) is 6.21. The highest BCUT2D eigenvalue weighted by atomic mass is 32.1. The van der Waals surface area contributed by atoms with Crippen LogP contribution in [0.2, 0.25) is 0 Å². The molecule has 2 N–H and O–H groups in total. The summed E-state index contributed by atoms with van der Waals surface area (Å²) in [6, 6.07) is 10.5. The lowest BCUT2D eigenvalue weighted by Gasteiger charge is -2.36. The average molecular weight is 383 g/mol. The number of hydrogen-bond donors (Lipinski definition) is 1. The molecule has 2 aromatic heterocycles. The van der Waals surface area contributed by atoms with E-state index in [1.165, 1.54) is 24.0 Å². The van der Waals surface area contributed by atoms with E-state index in [1.54, 1.807) is 11.3 Å². The molecule has 4 nitrogen and oxygen atoms in total. The van der Waals surface area contributed by atoms with Crippen molar-refractivity contribution in [3.8, 4) is 11.1 Å². The number of benzene rings is 1. The van der Waals surface area contributed by atoms with Gasteiger partial charge in [-0.15, -0.1) is 0 Å². The van der Waals surface area contributed by atoms with Gasteiger partial charge in [0.05, 0.1) is 11.6 Å². The first-order chi connectivity index (χ1) is 12.6. The van der Waals surface area contributed by atoms with Gasteiger partial charge in [-0.2, -0.15) is 16.4 Å². The van der Waals surface area contributed by atoms with E-state index in [0.29, 0.717) is 23.1 Å². The van der Waals surface area contributed by atoms with E-state index >= 15 is 0 Å². The van der Waals surface area contributed by atoms with Gasteiger partial charge in [0, 0.05) is 17.5 Å². The first kappa shape index (κ1) is 16.4. The van der Waals surface area contributed by atoms with Gasteiger partial charge in [-0.05, 0) is 72.8 Å². The summed E-state index contributed by atoms with van der Waals surface area (Å²) in [7, 11) is 2.27. The molecule has 1 aromatic carbocycles. The van der Waals surface area contributed by atoms with Crippen LogP contribution in [0.5, 0.6) is 0 Å². The number of rotatable bonds is 3. The number of thiocarbonyl (C=S) groups is 1. The number of piperidine rings is 1. The van der Waals surface area contributed by atoms with Crippen molar-refractivity contribution in [2.45, 2.75) is 43.8 Å². The molecular formula is C20H22N4S2. The van der Waals surface area contributed by atoms with E-state index in [-0.39, 0.29) is 0 Å². The lowest BCUT2D eigenvalue weighted by molar-refractivity contribution is 0.133. The zero-order chi connectivity index (χ0) is 17.8. The van der Waals surface area contributed by atoms with E-state index in [1.807, 2.05) is 0 Å². The molecule has 6 heteroatoms. The van der Waals surface area contributed by atoms with E-state index in [9.17, 15) is 0 Å². The predicted molar refractivity (Wildman–Crippen MR) is 112 cm³/mol. The molecule has 2 saturated heterocycles. The van der Waals surface area contributed by atoms with Gasteiger partial charge in [0.25, 0.3) is 0 Å². The van der Waals surface area contributed by atoms with Gasteiger partial charge in [0.15, 0.2) is 0 Å². The monoisotopic (exact) mass is 382 g/mol. The van der Waals surface area contributed by atoms with Gasteiger partial charge < -0.3 is 10.6 Å². The second-order valence-electron chi connectivity index (χ2n) is 7.58. The van der Waals surface area contributed by atoms with Crippen LogP contribution < -0.4 is 5.73 Å². The quantitative estimate of drug-likeness (QED) is 0.690. The molecule has 2 unspecified atom stereocenters. The minimum atomic E-state index is 0.382. The molecule has 2 bridgehead atoms.